The summed E-state index contributed by atoms with van der Waals surface area (Å²) in [4.78, 5) is 29.2. The topological polar surface area (TPSA) is 49.4 Å². The molecule has 4 rings (SSSR count). The number of benzene rings is 4. The van der Waals surface area contributed by atoms with Crippen molar-refractivity contribution in [1.29, 1.82) is 0 Å². The van der Waals surface area contributed by atoms with Crippen LogP contribution in [-0.4, -0.2) is 22.8 Å². The summed E-state index contributed by atoms with van der Waals surface area (Å²) >= 11 is 6.10. The SMILES string of the molecule is Cc1ccc(CNC(=O)[C@H](Cc2ccccc2)N(Cc2ccc(Cl)cc2)C(=O)Cc2ccccc2)cc1. The molecule has 37 heavy (non-hydrogen) atoms. The van der Waals surface area contributed by atoms with Crippen molar-refractivity contribution in [2.75, 3.05) is 0 Å². The Kier molecular flexibility index (Phi) is 9.12. The van der Waals surface area contributed by atoms with E-state index in [2.05, 4.69) is 5.32 Å². The highest BCUT2D eigenvalue weighted by Crippen LogP contribution is 2.18. The quantitative estimate of drug-likeness (QED) is 0.278. The Bertz CT molecular complexity index is 1290. The van der Waals surface area contributed by atoms with Crippen molar-refractivity contribution in [3.63, 3.8) is 0 Å². The molecule has 5 heteroatoms. The normalized spacial score (nSPS) is 11.5. The Labute approximate surface area is 223 Å². The van der Waals surface area contributed by atoms with Gasteiger partial charge in [0.15, 0.2) is 0 Å². The number of hydrogen-bond acceptors (Lipinski definition) is 2. The fourth-order valence-corrected chi connectivity index (χ4v) is 4.35. The van der Waals surface area contributed by atoms with Crippen LogP contribution in [0.5, 0.6) is 0 Å². The summed E-state index contributed by atoms with van der Waals surface area (Å²) in [6, 6.07) is 34.2. The van der Waals surface area contributed by atoms with Crippen molar-refractivity contribution in [2.45, 2.75) is 38.9 Å². The maximum absolute atomic E-state index is 13.8. The van der Waals surface area contributed by atoms with E-state index < -0.39 is 6.04 Å². The van der Waals surface area contributed by atoms with Crippen molar-refractivity contribution in [3.05, 3.63) is 142 Å². The van der Waals surface area contributed by atoms with Gasteiger partial charge < -0.3 is 10.2 Å². The fraction of sp³-hybridized carbons (Fsp3) is 0.188. The van der Waals surface area contributed by atoms with E-state index in [-0.39, 0.29) is 18.2 Å². The Hall–Kier alpha value is -3.89. The highest BCUT2D eigenvalue weighted by molar-refractivity contribution is 6.30. The molecule has 0 saturated heterocycles. The van der Waals surface area contributed by atoms with Crippen LogP contribution in [0.25, 0.3) is 0 Å². The van der Waals surface area contributed by atoms with Gasteiger partial charge in [0.1, 0.15) is 6.04 Å². The molecular formula is C32H31ClN2O2. The lowest BCUT2D eigenvalue weighted by atomic mass is 10.0. The molecule has 0 unspecified atom stereocenters. The molecule has 0 heterocycles. The third kappa shape index (κ3) is 7.80. The van der Waals surface area contributed by atoms with E-state index in [1.54, 1.807) is 17.0 Å². The summed E-state index contributed by atoms with van der Waals surface area (Å²) in [5.41, 5.74) is 4.99. The lowest BCUT2D eigenvalue weighted by molar-refractivity contribution is -0.140. The molecule has 0 fully saturated rings. The van der Waals surface area contributed by atoms with Gasteiger partial charge in [-0.1, -0.05) is 114 Å². The van der Waals surface area contributed by atoms with Gasteiger partial charge in [0.05, 0.1) is 6.42 Å². The smallest absolute Gasteiger partial charge is 0.243 e. The second-order valence-electron chi connectivity index (χ2n) is 9.22. The van der Waals surface area contributed by atoms with Crippen molar-refractivity contribution in [3.8, 4) is 0 Å². The molecule has 1 N–H and O–H groups in total. The molecule has 4 nitrogen and oxygen atoms in total. The van der Waals surface area contributed by atoms with Gasteiger partial charge in [0.25, 0.3) is 0 Å². The summed E-state index contributed by atoms with van der Waals surface area (Å²) in [6.45, 7) is 2.73. The van der Waals surface area contributed by atoms with Crippen LogP contribution in [-0.2, 0) is 35.5 Å². The van der Waals surface area contributed by atoms with Crippen molar-refractivity contribution < 1.29 is 9.59 Å². The molecule has 0 aliphatic rings. The predicted octanol–water partition coefficient (Wildman–Crippen LogP) is 6.15. The van der Waals surface area contributed by atoms with E-state index in [1.807, 2.05) is 104 Å². The minimum Gasteiger partial charge on any atom is -0.350 e. The lowest BCUT2D eigenvalue weighted by Gasteiger charge is -2.32. The molecule has 0 radical (unpaired) electrons. The van der Waals surface area contributed by atoms with Gasteiger partial charge in [-0.15, -0.1) is 0 Å². The van der Waals surface area contributed by atoms with Gasteiger partial charge >= 0.3 is 0 Å². The molecule has 2 amide bonds. The first kappa shape index (κ1) is 26.2. The van der Waals surface area contributed by atoms with Gasteiger partial charge in [-0.3, -0.25) is 9.59 Å². The molecule has 0 aromatic heterocycles. The van der Waals surface area contributed by atoms with E-state index in [9.17, 15) is 9.59 Å². The molecular weight excluding hydrogens is 480 g/mol. The number of amides is 2. The maximum atomic E-state index is 13.8. The standard InChI is InChI=1S/C32H31ClN2O2/c1-24-12-14-27(15-13-24)22-34-32(37)30(20-25-8-4-2-5-9-25)35(23-28-16-18-29(33)19-17-28)31(36)21-26-10-6-3-7-11-26/h2-19,30H,20-23H2,1H3,(H,34,37)/t30-/m0/s1. The number of aryl methyl sites for hydroxylation is 1. The molecule has 4 aromatic rings. The van der Waals surface area contributed by atoms with Crippen molar-refractivity contribution >= 4 is 23.4 Å². The summed E-state index contributed by atoms with van der Waals surface area (Å²) in [7, 11) is 0. The van der Waals surface area contributed by atoms with Crippen molar-refractivity contribution in [2.24, 2.45) is 0 Å². The van der Waals surface area contributed by atoms with Gasteiger partial charge in [-0.2, -0.15) is 0 Å². The molecule has 0 saturated carbocycles. The summed E-state index contributed by atoms with van der Waals surface area (Å²) < 4.78 is 0. The molecule has 188 valence electrons. The maximum Gasteiger partial charge on any atom is 0.243 e. The largest absolute Gasteiger partial charge is 0.350 e. The highest BCUT2D eigenvalue weighted by atomic mass is 35.5. The van der Waals surface area contributed by atoms with E-state index in [0.717, 1.165) is 27.8 Å². The second kappa shape index (κ2) is 12.9. The zero-order chi connectivity index (χ0) is 26.0. The number of halogens is 1. The number of hydrogen-bond donors (Lipinski definition) is 1. The van der Waals surface area contributed by atoms with Gasteiger partial charge in [0, 0.05) is 24.5 Å². The predicted molar refractivity (Wildman–Crippen MR) is 149 cm³/mol. The summed E-state index contributed by atoms with van der Waals surface area (Å²) in [5, 5.41) is 3.71. The van der Waals surface area contributed by atoms with Crippen molar-refractivity contribution in [1.82, 2.24) is 10.2 Å². The Balaban J connectivity index is 1.63. The number of carbonyl (C=O) groups excluding carboxylic acids is 2. The zero-order valence-corrected chi connectivity index (χ0v) is 21.7. The van der Waals surface area contributed by atoms with Gasteiger partial charge in [-0.05, 0) is 41.3 Å². The number of rotatable bonds is 10. The monoisotopic (exact) mass is 510 g/mol. The van der Waals surface area contributed by atoms with E-state index in [0.29, 0.717) is 24.5 Å². The number of carbonyl (C=O) groups is 2. The minimum absolute atomic E-state index is 0.104. The first-order chi connectivity index (χ1) is 18.0. The molecule has 4 aromatic carbocycles. The lowest BCUT2D eigenvalue weighted by Crippen LogP contribution is -2.50. The Morgan fingerprint density at radius 3 is 1.92 bits per heavy atom. The number of nitrogens with one attached hydrogen (secondary N) is 1. The third-order valence-corrected chi connectivity index (χ3v) is 6.57. The van der Waals surface area contributed by atoms with Crippen LogP contribution < -0.4 is 5.32 Å². The van der Waals surface area contributed by atoms with E-state index >= 15 is 0 Å². The molecule has 1 atom stereocenters. The van der Waals surface area contributed by atoms with E-state index in [1.165, 1.54) is 0 Å². The zero-order valence-electron chi connectivity index (χ0n) is 20.9. The van der Waals surface area contributed by atoms with Gasteiger partial charge in [0.2, 0.25) is 11.8 Å². The minimum atomic E-state index is -0.681. The van der Waals surface area contributed by atoms with Crippen LogP contribution in [0.4, 0.5) is 0 Å². The number of nitrogens with zero attached hydrogens (tertiary/aromatic N) is 1. The fourth-order valence-electron chi connectivity index (χ4n) is 4.23. The first-order valence-corrected chi connectivity index (χ1v) is 12.8. The summed E-state index contributed by atoms with van der Waals surface area (Å²) in [6.07, 6.45) is 0.625. The Morgan fingerprint density at radius 2 is 1.30 bits per heavy atom. The van der Waals surface area contributed by atoms with Crippen LogP contribution in [0.15, 0.2) is 109 Å². The third-order valence-electron chi connectivity index (χ3n) is 6.32. The van der Waals surface area contributed by atoms with Crippen LogP contribution in [0.2, 0.25) is 5.02 Å². The van der Waals surface area contributed by atoms with Crippen LogP contribution in [0.1, 0.15) is 27.8 Å². The molecule has 0 spiro atoms. The van der Waals surface area contributed by atoms with Gasteiger partial charge in [-0.25, -0.2) is 0 Å². The Morgan fingerprint density at radius 1 is 0.730 bits per heavy atom. The molecule has 0 bridgehead atoms. The van der Waals surface area contributed by atoms with E-state index in [4.69, 9.17) is 11.6 Å². The van der Waals surface area contributed by atoms with Crippen LogP contribution in [0, 0.1) is 6.92 Å². The summed E-state index contributed by atoms with van der Waals surface area (Å²) in [5.74, 6) is -0.285. The van der Waals surface area contributed by atoms with Crippen LogP contribution >= 0.6 is 11.6 Å². The van der Waals surface area contributed by atoms with Crippen LogP contribution in [0.3, 0.4) is 0 Å². The first-order valence-electron chi connectivity index (χ1n) is 12.4. The average molecular weight is 511 g/mol. The second-order valence-corrected chi connectivity index (χ2v) is 9.66. The molecule has 0 aliphatic carbocycles. The highest BCUT2D eigenvalue weighted by Gasteiger charge is 2.30. The average Bonchev–Trinajstić information content (AvgIpc) is 2.92. The molecule has 0 aliphatic heterocycles.